The number of aryl methyl sites for hydroxylation is 2. The maximum atomic E-state index is 12.4. The molecule has 26 heavy (non-hydrogen) atoms. The number of rotatable bonds is 5. The first-order valence-corrected chi connectivity index (χ1v) is 8.33. The molecule has 0 unspecified atom stereocenters. The first-order chi connectivity index (χ1) is 12.5. The quantitative estimate of drug-likeness (QED) is 0.503. The Labute approximate surface area is 152 Å². The van der Waals surface area contributed by atoms with Gasteiger partial charge in [0.2, 0.25) is 0 Å². The summed E-state index contributed by atoms with van der Waals surface area (Å²) in [5.74, 6) is 0.0331. The summed E-state index contributed by atoms with van der Waals surface area (Å²) in [4.78, 5) is 24.5. The van der Waals surface area contributed by atoms with Crippen LogP contribution in [0.3, 0.4) is 0 Å². The zero-order chi connectivity index (χ0) is 18.7. The van der Waals surface area contributed by atoms with Gasteiger partial charge in [-0.1, -0.05) is 24.3 Å². The lowest BCUT2D eigenvalue weighted by atomic mass is 10.0. The highest BCUT2D eigenvalue weighted by molar-refractivity contribution is 6.02. The van der Waals surface area contributed by atoms with Crippen molar-refractivity contribution in [3.8, 4) is 5.75 Å². The Kier molecular flexibility index (Phi) is 5.03. The van der Waals surface area contributed by atoms with E-state index in [1.165, 1.54) is 0 Å². The van der Waals surface area contributed by atoms with Gasteiger partial charge in [-0.2, -0.15) is 0 Å². The molecule has 0 bridgehead atoms. The Hall–Kier alpha value is -3.14. The van der Waals surface area contributed by atoms with E-state index in [9.17, 15) is 9.59 Å². The van der Waals surface area contributed by atoms with Crippen molar-refractivity contribution in [3.05, 3.63) is 76.9 Å². The molecular formula is C22H20O4. The van der Waals surface area contributed by atoms with Gasteiger partial charge >= 0.3 is 5.97 Å². The molecule has 0 aliphatic carbocycles. The number of ether oxygens (including phenoxy) is 2. The van der Waals surface area contributed by atoms with Crippen molar-refractivity contribution >= 4 is 22.5 Å². The summed E-state index contributed by atoms with van der Waals surface area (Å²) in [6, 6.07) is 16.4. The van der Waals surface area contributed by atoms with Crippen LogP contribution in [0.5, 0.6) is 5.75 Å². The average Bonchev–Trinajstić information content (AvgIpc) is 2.67. The van der Waals surface area contributed by atoms with Crippen molar-refractivity contribution in [2.75, 3.05) is 13.7 Å². The number of carbonyl (C=O) groups is 2. The summed E-state index contributed by atoms with van der Waals surface area (Å²) in [7, 11) is 1.61. The second-order valence-electron chi connectivity index (χ2n) is 6.23. The smallest absolute Gasteiger partial charge is 0.338 e. The molecule has 3 aromatic carbocycles. The molecule has 4 heteroatoms. The number of carbonyl (C=O) groups excluding carboxylic acids is 2. The van der Waals surface area contributed by atoms with E-state index in [4.69, 9.17) is 9.47 Å². The third kappa shape index (κ3) is 3.75. The van der Waals surface area contributed by atoms with Gasteiger partial charge in [-0.05, 0) is 66.1 Å². The zero-order valence-electron chi connectivity index (χ0n) is 15.0. The molecule has 0 amide bonds. The predicted molar refractivity (Wildman–Crippen MR) is 101 cm³/mol. The van der Waals surface area contributed by atoms with Crippen molar-refractivity contribution in [2.24, 2.45) is 0 Å². The van der Waals surface area contributed by atoms with E-state index in [0.29, 0.717) is 11.1 Å². The summed E-state index contributed by atoms with van der Waals surface area (Å²) in [5.41, 5.74) is 3.07. The van der Waals surface area contributed by atoms with E-state index in [-0.39, 0.29) is 12.4 Å². The van der Waals surface area contributed by atoms with Gasteiger partial charge in [-0.3, -0.25) is 4.79 Å². The van der Waals surface area contributed by atoms with Gasteiger partial charge in [0.05, 0.1) is 12.7 Å². The van der Waals surface area contributed by atoms with E-state index >= 15 is 0 Å². The van der Waals surface area contributed by atoms with Crippen LogP contribution in [-0.4, -0.2) is 25.5 Å². The minimum absolute atomic E-state index is 0.236. The highest BCUT2D eigenvalue weighted by atomic mass is 16.5. The van der Waals surface area contributed by atoms with Crippen LogP contribution >= 0.6 is 0 Å². The van der Waals surface area contributed by atoms with E-state index in [1.807, 2.05) is 44.2 Å². The van der Waals surface area contributed by atoms with Gasteiger partial charge in [0.25, 0.3) is 0 Å². The molecule has 132 valence electrons. The monoisotopic (exact) mass is 348 g/mol. The van der Waals surface area contributed by atoms with Crippen molar-refractivity contribution in [2.45, 2.75) is 13.8 Å². The summed E-state index contributed by atoms with van der Waals surface area (Å²) >= 11 is 0. The number of hydrogen-bond donors (Lipinski definition) is 0. The maximum Gasteiger partial charge on any atom is 0.338 e. The molecule has 4 nitrogen and oxygen atoms in total. The highest BCUT2D eigenvalue weighted by Crippen LogP contribution is 2.22. The predicted octanol–water partition coefficient (Wildman–Crippen LogP) is 4.50. The Morgan fingerprint density at radius 1 is 0.808 bits per heavy atom. The Morgan fingerprint density at radius 2 is 1.50 bits per heavy atom. The number of Topliss-reactive ketones (excluding diaryl/α,β-unsaturated/α-hetero) is 1. The van der Waals surface area contributed by atoms with Crippen LogP contribution in [0.4, 0.5) is 0 Å². The molecule has 0 aromatic heterocycles. The van der Waals surface area contributed by atoms with E-state index in [0.717, 1.165) is 27.6 Å². The number of benzene rings is 3. The fourth-order valence-corrected chi connectivity index (χ4v) is 2.69. The average molecular weight is 348 g/mol. The van der Waals surface area contributed by atoms with Crippen LogP contribution in [0.15, 0.2) is 54.6 Å². The van der Waals surface area contributed by atoms with Gasteiger partial charge in [0, 0.05) is 5.56 Å². The fraction of sp³-hybridized carbons (Fsp3) is 0.182. The van der Waals surface area contributed by atoms with Crippen LogP contribution in [0.1, 0.15) is 31.8 Å². The number of ketones is 1. The van der Waals surface area contributed by atoms with E-state index < -0.39 is 5.97 Å². The van der Waals surface area contributed by atoms with Crippen molar-refractivity contribution in [1.82, 2.24) is 0 Å². The Balaban J connectivity index is 1.70. The molecule has 0 spiro atoms. The minimum atomic E-state index is -0.494. The molecule has 0 aliphatic rings. The standard InChI is InChI=1S/C22H20O4/c1-14-4-5-19(10-15(14)2)22(24)26-13-21(23)18-7-6-17-12-20(25-3)9-8-16(17)11-18/h4-12H,13H2,1-3H3. The topological polar surface area (TPSA) is 52.6 Å². The summed E-state index contributed by atoms with van der Waals surface area (Å²) < 4.78 is 10.4. The van der Waals surface area contributed by atoms with Crippen LogP contribution in [0, 0.1) is 13.8 Å². The second kappa shape index (κ2) is 7.40. The summed E-state index contributed by atoms with van der Waals surface area (Å²) in [6.07, 6.45) is 0. The number of esters is 1. The first kappa shape index (κ1) is 17.7. The Morgan fingerprint density at radius 3 is 2.23 bits per heavy atom. The van der Waals surface area contributed by atoms with Gasteiger partial charge in [-0.15, -0.1) is 0 Å². The third-order valence-corrected chi connectivity index (χ3v) is 4.45. The summed E-state index contributed by atoms with van der Waals surface area (Å²) in [5, 5.41) is 1.91. The molecule has 0 N–H and O–H groups in total. The minimum Gasteiger partial charge on any atom is -0.497 e. The molecular weight excluding hydrogens is 328 g/mol. The number of methoxy groups -OCH3 is 1. The molecule has 3 aromatic rings. The van der Waals surface area contributed by atoms with Crippen LogP contribution in [0.2, 0.25) is 0 Å². The Bertz CT molecular complexity index is 989. The third-order valence-electron chi connectivity index (χ3n) is 4.45. The van der Waals surface area contributed by atoms with E-state index in [1.54, 1.807) is 31.4 Å². The molecule has 0 saturated carbocycles. The lowest BCUT2D eigenvalue weighted by Gasteiger charge is -2.08. The number of hydrogen-bond acceptors (Lipinski definition) is 4. The molecule has 0 saturated heterocycles. The largest absolute Gasteiger partial charge is 0.497 e. The molecule has 0 atom stereocenters. The van der Waals surface area contributed by atoms with Gasteiger partial charge < -0.3 is 9.47 Å². The van der Waals surface area contributed by atoms with Gasteiger partial charge in [0.1, 0.15) is 5.75 Å². The van der Waals surface area contributed by atoms with Gasteiger partial charge in [0.15, 0.2) is 12.4 Å². The second-order valence-corrected chi connectivity index (χ2v) is 6.23. The van der Waals surface area contributed by atoms with Crippen molar-refractivity contribution in [3.63, 3.8) is 0 Å². The highest BCUT2D eigenvalue weighted by Gasteiger charge is 2.13. The van der Waals surface area contributed by atoms with Gasteiger partial charge in [-0.25, -0.2) is 4.79 Å². The number of fused-ring (bicyclic) bond motifs is 1. The normalized spacial score (nSPS) is 10.6. The van der Waals surface area contributed by atoms with Crippen LogP contribution in [-0.2, 0) is 4.74 Å². The molecule has 3 rings (SSSR count). The molecule has 0 fully saturated rings. The summed E-state index contributed by atoms with van der Waals surface area (Å²) in [6.45, 7) is 3.62. The van der Waals surface area contributed by atoms with Crippen LogP contribution < -0.4 is 4.74 Å². The fourth-order valence-electron chi connectivity index (χ4n) is 2.69. The SMILES string of the molecule is COc1ccc2cc(C(=O)COC(=O)c3ccc(C)c(C)c3)ccc2c1. The molecule has 0 radical (unpaired) electrons. The zero-order valence-corrected chi connectivity index (χ0v) is 15.0. The molecule has 0 aliphatic heterocycles. The lowest BCUT2D eigenvalue weighted by Crippen LogP contribution is -2.14. The van der Waals surface area contributed by atoms with Crippen molar-refractivity contribution in [1.29, 1.82) is 0 Å². The maximum absolute atomic E-state index is 12.4. The lowest BCUT2D eigenvalue weighted by molar-refractivity contribution is 0.0474. The van der Waals surface area contributed by atoms with E-state index in [2.05, 4.69) is 0 Å². The first-order valence-electron chi connectivity index (χ1n) is 8.33. The van der Waals surface area contributed by atoms with Crippen molar-refractivity contribution < 1.29 is 19.1 Å². The molecule has 0 heterocycles. The van der Waals surface area contributed by atoms with Crippen LogP contribution in [0.25, 0.3) is 10.8 Å².